The predicted octanol–water partition coefficient (Wildman–Crippen LogP) is 1.16. The highest BCUT2D eigenvalue weighted by atomic mass is 16.3. The molecule has 1 aromatic carbocycles. The molecule has 1 fully saturated rings. The van der Waals surface area contributed by atoms with Crippen molar-refractivity contribution < 1.29 is 39.6 Å². The maximum Gasteiger partial charge on any atom is 0.255 e. The Balaban J connectivity index is 1.68. The Morgan fingerprint density at radius 2 is 1.82 bits per heavy atom. The Bertz CT molecular complexity index is 1560. The lowest BCUT2D eigenvalue weighted by molar-refractivity contribution is -0.153. The topological polar surface area (TPSA) is 191 Å². The van der Waals surface area contributed by atoms with Crippen LogP contribution in [0.4, 0.5) is 0 Å². The standard InChI is InChI=1S/C29H29N3O8/c1-12(33)8-15-5-4-13(11-31-15)16-6-7-19(34)21-17(16)9-14-10-18-23(32(2)3)25(36)22(28(30)39)27(38)29(18,40)26(37)20(14)24(21)35/h4-7,11,14,18,23,34-35,38,40H,8-10H2,1-3H3,(H2,30,39). The van der Waals surface area contributed by atoms with Crippen LogP contribution in [0.2, 0.25) is 0 Å². The van der Waals surface area contributed by atoms with Crippen LogP contribution >= 0.6 is 0 Å². The maximum atomic E-state index is 13.9. The van der Waals surface area contributed by atoms with Crippen molar-refractivity contribution in [2.75, 3.05) is 14.1 Å². The quantitative estimate of drug-likeness (QED) is 0.339. The van der Waals surface area contributed by atoms with E-state index in [1.54, 1.807) is 38.5 Å². The van der Waals surface area contributed by atoms with Gasteiger partial charge in [-0.15, -0.1) is 0 Å². The number of nitrogens with two attached hydrogens (primary N) is 1. The molecule has 11 heteroatoms. The van der Waals surface area contributed by atoms with Gasteiger partial charge in [-0.05, 0) is 63.0 Å². The smallest absolute Gasteiger partial charge is 0.255 e. The number of hydrogen-bond donors (Lipinski definition) is 5. The zero-order valence-corrected chi connectivity index (χ0v) is 22.1. The van der Waals surface area contributed by atoms with E-state index in [9.17, 15) is 39.6 Å². The van der Waals surface area contributed by atoms with E-state index in [2.05, 4.69) is 4.98 Å². The van der Waals surface area contributed by atoms with E-state index in [0.717, 1.165) is 0 Å². The van der Waals surface area contributed by atoms with E-state index < -0.39 is 58.0 Å². The van der Waals surface area contributed by atoms with Crippen molar-refractivity contribution in [2.45, 2.75) is 37.8 Å². The van der Waals surface area contributed by atoms with Crippen molar-refractivity contribution in [1.29, 1.82) is 0 Å². The molecule has 1 saturated carbocycles. The fourth-order valence-electron chi connectivity index (χ4n) is 6.46. The van der Waals surface area contributed by atoms with Crippen LogP contribution in [0.3, 0.4) is 0 Å². The summed E-state index contributed by atoms with van der Waals surface area (Å²) in [6, 6.07) is 5.36. The number of likely N-dealkylation sites (N-methyl/N-ethyl adjacent to an activating group) is 1. The Morgan fingerprint density at radius 1 is 1.12 bits per heavy atom. The summed E-state index contributed by atoms with van der Waals surface area (Å²) in [5, 5.41) is 44.7. The van der Waals surface area contributed by atoms with Crippen LogP contribution in [0, 0.1) is 11.8 Å². The van der Waals surface area contributed by atoms with Crippen LogP contribution in [0.15, 0.2) is 47.4 Å². The molecule has 5 rings (SSSR count). The lowest BCUT2D eigenvalue weighted by Crippen LogP contribution is -2.65. The maximum absolute atomic E-state index is 13.9. The van der Waals surface area contributed by atoms with Gasteiger partial charge < -0.3 is 26.2 Å². The van der Waals surface area contributed by atoms with Gasteiger partial charge in [-0.1, -0.05) is 12.1 Å². The lowest BCUT2D eigenvalue weighted by atomic mass is 9.57. The largest absolute Gasteiger partial charge is 0.508 e. The zero-order valence-electron chi connectivity index (χ0n) is 22.1. The molecule has 3 aliphatic rings. The van der Waals surface area contributed by atoms with Gasteiger partial charge in [0, 0.05) is 35.4 Å². The van der Waals surface area contributed by atoms with Crippen molar-refractivity contribution in [3.05, 3.63) is 64.2 Å². The van der Waals surface area contributed by atoms with Gasteiger partial charge in [0.05, 0.1) is 11.6 Å². The Labute approximate surface area is 229 Å². The monoisotopic (exact) mass is 547 g/mol. The second kappa shape index (κ2) is 9.39. The molecule has 0 saturated heterocycles. The number of phenolic OH excluding ortho intramolecular Hbond substituents is 1. The molecule has 2 aromatic rings. The fraction of sp³-hybridized carbons (Fsp3) is 0.345. The number of aliphatic hydroxyl groups excluding tert-OH is 2. The summed E-state index contributed by atoms with van der Waals surface area (Å²) in [5.74, 6) is -7.01. The number of rotatable bonds is 5. The molecule has 3 aliphatic carbocycles. The van der Waals surface area contributed by atoms with E-state index in [-0.39, 0.29) is 41.9 Å². The average Bonchev–Trinajstić information content (AvgIpc) is 2.86. The first-order chi connectivity index (χ1) is 18.8. The summed E-state index contributed by atoms with van der Waals surface area (Å²) in [6.45, 7) is 1.47. The van der Waals surface area contributed by atoms with E-state index in [4.69, 9.17) is 5.73 Å². The number of aromatic nitrogens is 1. The van der Waals surface area contributed by atoms with Crippen LogP contribution in [0.1, 0.15) is 30.2 Å². The minimum atomic E-state index is -2.69. The minimum absolute atomic E-state index is 0.00148. The van der Waals surface area contributed by atoms with E-state index in [1.807, 2.05) is 0 Å². The SMILES string of the molecule is CC(=O)Cc1ccc(-c2ccc(O)c3c2CC2CC4C(N(C)C)C(=O)C(C(N)=O)=C(O)C4(O)C(=O)C2=C3O)cn1. The molecular formula is C29H29N3O8. The Kier molecular flexibility index (Phi) is 6.39. The Morgan fingerprint density at radius 3 is 2.40 bits per heavy atom. The van der Waals surface area contributed by atoms with Gasteiger partial charge in [-0.3, -0.25) is 29.1 Å². The molecular weight excluding hydrogens is 518 g/mol. The minimum Gasteiger partial charge on any atom is -0.508 e. The molecule has 0 spiro atoms. The number of carbonyl (C=O) groups is 4. The molecule has 40 heavy (non-hydrogen) atoms. The molecule has 0 aliphatic heterocycles. The van der Waals surface area contributed by atoms with Gasteiger partial charge in [-0.25, -0.2) is 0 Å². The van der Waals surface area contributed by atoms with Crippen molar-refractivity contribution in [2.24, 2.45) is 17.6 Å². The summed E-state index contributed by atoms with van der Waals surface area (Å²) in [4.78, 5) is 56.5. The molecule has 11 nitrogen and oxygen atoms in total. The molecule has 1 aromatic heterocycles. The van der Waals surface area contributed by atoms with E-state index >= 15 is 0 Å². The number of aromatic hydroxyl groups is 1. The Hall–Kier alpha value is -4.35. The highest BCUT2D eigenvalue weighted by Gasteiger charge is 2.64. The number of fused-ring (bicyclic) bond motifs is 3. The first-order valence-electron chi connectivity index (χ1n) is 12.7. The van der Waals surface area contributed by atoms with Gasteiger partial charge in [0.2, 0.25) is 5.78 Å². The number of benzene rings is 1. The summed E-state index contributed by atoms with van der Waals surface area (Å²) in [7, 11) is 3.10. The number of nitrogens with zero attached hydrogens (tertiary/aromatic N) is 2. The van der Waals surface area contributed by atoms with Gasteiger partial charge in [0.15, 0.2) is 11.4 Å². The highest BCUT2D eigenvalue weighted by Crippen LogP contribution is 2.53. The molecule has 6 N–H and O–H groups in total. The number of pyridine rings is 1. The normalized spacial score (nSPS) is 26.0. The van der Waals surface area contributed by atoms with Crippen molar-refractivity contribution >= 4 is 29.0 Å². The third-order valence-corrected chi connectivity index (χ3v) is 8.17. The summed E-state index contributed by atoms with van der Waals surface area (Å²) in [6.07, 6.45) is 1.92. The van der Waals surface area contributed by atoms with E-state index in [1.165, 1.54) is 17.9 Å². The first kappa shape index (κ1) is 27.2. The van der Waals surface area contributed by atoms with Gasteiger partial charge >= 0.3 is 0 Å². The molecule has 208 valence electrons. The number of primary amides is 1. The van der Waals surface area contributed by atoms with Crippen molar-refractivity contribution in [3.63, 3.8) is 0 Å². The molecule has 1 heterocycles. The third-order valence-electron chi connectivity index (χ3n) is 8.17. The molecule has 4 atom stereocenters. The molecule has 4 unspecified atom stereocenters. The van der Waals surface area contributed by atoms with E-state index in [0.29, 0.717) is 22.4 Å². The van der Waals surface area contributed by atoms with Gasteiger partial charge in [0.1, 0.15) is 28.6 Å². The van der Waals surface area contributed by atoms with Crippen molar-refractivity contribution in [1.82, 2.24) is 9.88 Å². The fourth-order valence-corrected chi connectivity index (χ4v) is 6.46. The zero-order chi connectivity index (χ0) is 29.3. The van der Waals surface area contributed by atoms with Crippen LogP contribution in [0.25, 0.3) is 16.9 Å². The van der Waals surface area contributed by atoms with Gasteiger partial charge in [-0.2, -0.15) is 0 Å². The second-order valence-corrected chi connectivity index (χ2v) is 10.9. The number of phenols is 1. The lowest BCUT2D eigenvalue weighted by Gasteiger charge is -2.50. The summed E-state index contributed by atoms with van der Waals surface area (Å²) < 4.78 is 0. The predicted molar refractivity (Wildman–Crippen MR) is 142 cm³/mol. The van der Waals surface area contributed by atoms with Crippen LogP contribution in [-0.2, 0) is 32.0 Å². The molecule has 1 amide bonds. The molecule has 0 radical (unpaired) electrons. The van der Waals surface area contributed by atoms with Gasteiger partial charge in [0.25, 0.3) is 5.91 Å². The average molecular weight is 548 g/mol. The number of carbonyl (C=O) groups excluding carboxylic acids is 4. The summed E-state index contributed by atoms with van der Waals surface area (Å²) in [5.41, 5.74) is 4.01. The highest BCUT2D eigenvalue weighted by molar-refractivity contribution is 6.24. The number of amides is 1. The number of aliphatic hydroxyl groups is 3. The summed E-state index contributed by atoms with van der Waals surface area (Å²) >= 11 is 0. The van der Waals surface area contributed by atoms with Crippen LogP contribution in [-0.4, -0.2) is 79.3 Å². The third kappa shape index (κ3) is 3.84. The van der Waals surface area contributed by atoms with Crippen LogP contribution in [0.5, 0.6) is 5.75 Å². The van der Waals surface area contributed by atoms with Crippen molar-refractivity contribution in [3.8, 4) is 16.9 Å². The number of hydrogen-bond acceptors (Lipinski definition) is 10. The first-order valence-corrected chi connectivity index (χ1v) is 12.7. The van der Waals surface area contributed by atoms with Crippen LogP contribution < -0.4 is 5.73 Å². The molecule has 0 bridgehead atoms. The number of ketones is 3. The number of Topliss-reactive ketones (excluding diaryl/α,β-unsaturated/α-hetero) is 3. The second-order valence-electron chi connectivity index (χ2n) is 10.9.